The highest BCUT2D eigenvalue weighted by molar-refractivity contribution is 7.99. The summed E-state index contributed by atoms with van der Waals surface area (Å²) in [6.07, 6.45) is 3.40. The average molecular weight is 382 g/mol. The Labute approximate surface area is 162 Å². The van der Waals surface area contributed by atoms with Crippen molar-refractivity contribution in [1.29, 1.82) is 0 Å². The third-order valence-electron chi connectivity index (χ3n) is 4.03. The second-order valence-corrected chi connectivity index (χ2v) is 6.70. The molecular weight excluding hydrogens is 360 g/mol. The van der Waals surface area contributed by atoms with E-state index >= 15 is 0 Å². The number of hydrogen-bond donors (Lipinski definition) is 2. The summed E-state index contributed by atoms with van der Waals surface area (Å²) in [5, 5.41) is 10.5. The molecule has 0 aliphatic carbocycles. The standard InChI is InChI=1S/C19H22N6OS/c1-3-25(4-2)16-7-5-15(6-8-16)21-17(26)13-27-19-22-18(23-24-19)14-9-11-20-12-10-14/h5-12H,3-4,13H2,1-2H3,(H,21,26)(H,22,23,24). The Morgan fingerprint density at radius 3 is 2.48 bits per heavy atom. The van der Waals surface area contributed by atoms with Gasteiger partial charge in [0.2, 0.25) is 11.1 Å². The maximum absolute atomic E-state index is 12.2. The quantitative estimate of drug-likeness (QED) is 0.580. The molecule has 0 fully saturated rings. The number of aromatic amines is 1. The van der Waals surface area contributed by atoms with Crippen LogP contribution in [0.25, 0.3) is 11.4 Å². The molecule has 140 valence electrons. The van der Waals surface area contributed by atoms with Crippen molar-refractivity contribution in [3.63, 3.8) is 0 Å². The summed E-state index contributed by atoms with van der Waals surface area (Å²) in [6.45, 7) is 6.16. The summed E-state index contributed by atoms with van der Waals surface area (Å²) in [6, 6.07) is 11.6. The minimum absolute atomic E-state index is 0.0918. The number of aromatic nitrogens is 4. The van der Waals surface area contributed by atoms with Gasteiger partial charge in [-0.05, 0) is 50.2 Å². The summed E-state index contributed by atoms with van der Waals surface area (Å²) in [5.74, 6) is 0.809. The minimum atomic E-state index is -0.0918. The van der Waals surface area contributed by atoms with E-state index in [1.54, 1.807) is 12.4 Å². The van der Waals surface area contributed by atoms with E-state index < -0.39 is 0 Å². The Balaban J connectivity index is 1.52. The number of nitrogens with zero attached hydrogens (tertiary/aromatic N) is 4. The number of hydrogen-bond acceptors (Lipinski definition) is 6. The lowest BCUT2D eigenvalue weighted by atomic mass is 10.2. The van der Waals surface area contributed by atoms with Gasteiger partial charge in [0.1, 0.15) is 0 Å². The number of benzene rings is 1. The van der Waals surface area contributed by atoms with Gasteiger partial charge in [-0.15, -0.1) is 5.10 Å². The van der Waals surface area contributed by atoms with Gasteiger partial charge in [-0.1, -0.05) is 11.8 Å². The Morgan fingerprint density at radius 1 is 1.11 bits per heavy atom. The minimum Gasteiger partial charge on any atom is -0.372 e. The van der Waals surface area contributed by atoms with Crippen molar-refractivity contribution in [1.82, 2.24) is 20.2 Å². The first-order valence-electron chi connectivity index (χ1n) is 8.80. The summed E-state index contributed by atoms with van der Waals surface area (Å²) >= 11 is 1.29. The number of thioether (sulfide) groups is 1. The summed E-state index contributed by atoms with van der Waals surface area (Å²) in [5.41, 5.74) is 2.84. The molecule has 0 radical (unpaired) electrons. The molecule has 1 amide bonds. The number of amides is 1. The molecule has 0 unspecified atom stereocenters. The Hall–Kier alpha value is -2.87. The highest BCUT2D eigenvalue weighted by Crippen LogP contribution is 2.20. The van der Waals surface area contributed by atoms with Crippen LogP contribution in [-0.4, -0.2) is 44.9 Å². The molecule has 27 heavy (non-hydrogen) atoms. The zero-order chi connectivity index (χ0) is 19.1. The van der Waals surface area contributed by atoms with Crippen LogP contribution in [-0.2, 0) is 4.79 Å². The van der Waals surface area contributed by atoms with Crippen molar-refractivity contribution >= 4 is 29.0 Å². The van der Waals surface area contributed by atoms with E-state index in [1.807, 2.05) is 36.4 Å². The van der Waals surface area contributed by atoms with Crippen LogP contribution in [0.4, 0.5) is 11.4 Å². The highest BCUT2D eigenvalue weighted by Gasteiger charge is 2.09. The fraction of sp³-hybridized carbons (Fsp3) is 0.263. The SMILES string of the molecule is CCN(CC)c1ccc(NC(=O)CSc2n[nH]c(-c3ccncc3)n2)cc1. The second kappa shape index (κ2) is 9.18. The number of H-pyrrole nitrogens is 1. The summed E-state index contributed by atoms with van der Waals surface area (Å²) < 4.78 is 0. The van der Waals surface area contributed by atoms with Gasteiger partial charge in [0.25, 0.3) is 0 Å². The molecule has 0 saturated carbocycles. The Morgan fingerprint density at radius 2 is 1.81 bits per heavy atom. The van der Waals surface area contributed by atoms with Gasteiger partial charge in [-0.25, -0.2) is 4.98 Å². The maximum Gasteiger partial charge on any atom is 0.234 e. The second-order valence-electron chi connectivity index (χ2n) is 5.76. The molecule has 0 aliphatic rings. The number of nitrogens with one attached hydrogen (secondary N) is 2. The lowest BCUT2D eigenvalue weighted by Crippen LogP contribution is -2.21. The third kappa shape index (κ3) is 5.07. The van der Waals surface area contributed by atoms with Gasteiger partial charge in [-0.2, -0.15) is 0 Å². The van der Waals surface area contributed by atoms with Crippen molar-refractivity contribution in [2.45, 2.75) is 19.0 Å². The average Bonchev–Trinajstić information content (AvgIpc) is 3.18. The van der Waals surface area contributed by atoms with E-state index in [-0.39, 0.29) is 11.7 Å². The van der Waals surface area contributed by atoms with Crippen LogP contribution >= 0.6 is 11.8 Å². The van der Waals surface area contributed by atoms with Crippen LogP contribution in [0.1, 0.15) is 13.8 Å². The molecule has 0 bridgehead atoms. The molecule has 2 heterocycles. The van der Waals surface area contributed by atoms with E-state index in [1.165, 1.54) is 11.8 Å². The largest absolute Gasteiger partial charge is 0.372 e. The number of rotatable bonds is 8. The van der Waals surface area contributed by atoms with Crippen LogP contribution < -0.4 is 10.2 Å². The van der Waals surface area contributed by atoms with Crippen LogP contribution in [0.5, 0.6) is 0 Å². The maximum atomic E-state index is 12.2. The van der Waals surface area contributed by atoms with Gasteiger partial charge in [-0.3, -0.25) is 14.9 Å². The third-order valence-corrected chi connectivity index (χ3v) is 4.88. The predicted molar refractivity (Wildman–Crippen MR) is 109 cm³/mol. The van der Waals surface area contributed by atoms with E-state index in [4.69, 9.17) is 0 Å². The summed E-state index contributed by atoms with van der Waals surface area (Å²) in [4.78, 5) is 22.8. The van der Waals surface area contributed by atoms with Gasteiger partial charge in [0.15, 0.2) is 5.82 Å². The van der Waals surface area contributed by atoms with E-state index in [0.717, 1.165) is 30.0 Å². The fourth-order valence-electron chi connectivity index (χ4n) is 2.62. The molecule has 1 aromatic carbocycles. The van der Waals surface area contributed by atoms with Crippen molar-refractivity contribution in [3.05, 3.63) is 48.8 Å². The monoisotopic (exact) mass is 382 g/mol. The molecule has 0 atom stereocenters. The fourth-order valence-corrected chi connectivity index (χ4v) is 3.22. The highest BCUT2D eigenvalue weighted by atomic mass is 32.2. The molecule has 2 aromatic heterocycles. The number of pyridine rings is 1. The first-order valence-corrected chi connectivity index (χ1v) is 9.78. The van der Waals surface area contributed by atoms with Crippen LogP contribution in [0.2, 0.25) is 0 Å². The van der Waals surface area contributed by atoms with Crippen molar-refractivity contribution in [2.24, 2.45) is 0 Å². The van der Waals surface area contributed by atoms with Gasteiger partial charge in [0.05, 0.1) is 5.75 Å². The van der Waals surface area contributed by atoms with Gasteiger partial charge >= 0.3 is 0 Å². The number of anilines is 2. The van der Waals surface area contributed by atoms with Crippen LogP contribution in [0.3, 0.4) is 0 Å². The lowest BCUT2D eigenvalue weighted by Gasteiger charge is -2.21. The smallest absolute Gasteiger partial charge is 0.234 e. The van der Waals surface area contributed by atoms with Crippen molar-refractivity contribution < 1.29 is 4.79 Å². The molecule has 0 aliphatic heterocycles. The van der Waals surface area contributed by atoms with Gasteiger partial charge in [0, 0.05) is 42.4 Å². The molecular formula is C19H22N6OS. The summed E-state index contributed by atoms with van der Waals surface area (Å²) in [7, 11) is 0. The van der Waals surface area contributed by atoms with Gasteiger partial charge < -0.3 is 10.2 Å². The van der Waals surface area contributed by atoms with E-state index in [2.05, 4.69) is 44.2 Å². The molecule has 2 N–H and O–H groups in total. The molecule has 0 saturated heterocycles. The van der Waals surface area contributed by atoms with Crippen molar-refractivity contribution in [3.8, 4) is 11.4 Å². The zero-order valence-corrected chi connectivity index (χ0v) is 16.2. The van der Waals surface area contributed by atoms with E-state index in [9.17, 15) is 4.79 Å². The van der Waals surface area contributed by atoms with E-state index in [0.29, 0.717) is 11.0 Å². The first-order chi connectivity index (χ1) is 13.2. The molecule has 8 heteroatoms. The number of carbonyl (C=O) groups excluding carboxylic acids is 1. The molecule has 3 aromatic rings. The molecule has 0 spiro atoms. The molecule has 3 rings (SSSR count). The number of carbonyl (C=O) groups is 1. The lowest BCUT2D eigenvalue weighted by molar-refractivity contribution is -0.113. The zero-order valence-electron chi connectivity index (χ0n) is 15.3. The molecule has 7 nitrogen and oxygen atoms in total. The Bertz CT molecular complexity index is 861. The predicted octanol–water partition coefficient (Wildman–Crippen LogP) is 3.44. The Kier molecular flexibility index (Phi) is 6.43. The normalized spacial score (nSPS) is 10.6. The topological polar surface area (TPSA) is 86.8 Å². The van der Waals surface area contributed by atoms with Crippen LogP contribution in [0, 0.1) is 0 Å². The first kappa shape index (κ1) is 18.9. The van der Waals surface area contributed by atoms with Crippen molar-refractivity contribution in [2.75, 3.05) is 29.1 Å². The van der Waals surface area contributed by atoms with Crippen LogP contribution in [0.15, 0.2) is 53.9 Å².